The van der Waals surface area contributed by atoms with Gasteiger partial charge in [-0.25, -0.2) is 0 Å². The summed E-state index contributed by atoms with van der Waals surface area (Å²) < 4.78 is 0. The Hall–Kier alpha value is -0.570. The van der Waals surface area contributed by atoms with E-state index in [9.17, 15) is 4.79 Å². The predicted octanol–water partition coefficient (Wildman–Crippen LogP) is 2.76. The van der Waals surface area contributed by atoms with Crippen molar-refractivity contribution in [1.29, 1.82) is 0 Å². The second kappa shape index (κ2) is 5.20. The topological polar surface area (TPSA) is 32.3 Å². The fourth-order valence-electron chi connectivity index (χ4n) is 3.35. The van der Waals surface area contributed by atoms with Gasteiger partial charge in [-0.2, -0.15) is 0 Å². The summed E-state index contributed by atoms with van der Waals surface area (Å²) in [5.41, 5.74) is -0.206. The van der Waals surface area contributed by atoms with Crippen molar-refractivity contribution < 1.29 is 4.79 Å². The second-order valence-corrected chi connectivity index (χ2v) is 6.59. The zero-order valence-electron chi connectivity index (χ0n) is 12.3. The summed E-state index contributed by atoms with van der Waals surface area (Å²) in [7, 11) is 0. The van der Waals surface area contributed by atoms with Gasteiger partial charge < -0.3 is 4.90 Å². The van der Waals surface area contributed by atoms with Crippen LogP contribution in [0.1, 0.15) is 59.8 Å². The molecule has 1 spiro atoms. The molecule has 1 N–H and O–H groups in total. The van der Waals surface area contributed by atoms with Crippen LogP contribution in [0.4, 0.5) is 0 Å². The smallest absolute Gasteiger partial charge is 0.244 e. The molecule has 18 heavy (non-hydrogen) atoms. The van der Waals surface area contributed by atoms with Crippen molar-refractivity contribution >= 4 is 5.91 Å². The zero-order valence-corrected chi connectivity index (χ0v) is 12.3. The van der Waals surface area contributed by atoms with Crippen molar-refractivity contribution in [3.05, 3.63) is 0 Å². The van der Waals surface area contributed by atoms with Gasteiger partial charge in [0, 0.05) is 6.54 Å². The van der Waals surface area contributed by atoms with Crippen molar-refractivity contribution in [3.8, 4) is 0 Å². The number of hydrogen-bond acceptors (Lipinski definition) is 2. The highest BCUT2D eigenvalue weighted by Crippen LogP contribution is 2.38. The van der Waals surface area contributed by atoms with Crippen LogP contribution < -0.4 is 5.32 Å². The Morgan fingerprint density at radius 3 is 2.44 bits per heavy atom. The maximum atomic E-state index is 12.8. The third kappa shape index (κ3) is 2.29. The monoisotopic (exact) mass is 252 g/mol. The van der Waals surface area contributed by atoms with Gasteiger partial charge in [0.25, 0.3) is 0 Å². The number of nitrogens with zero attached hydrogens (tertiary/aromatic N) is 1. The molecular weight excluding hydrogens is 224 g/mol. The summed E-state index contributed by atoms with van der Waals surface area (Å²) in [4.78, 5) is 14.9. The van der Waals surface area contributed by atoms with Gasteiger partial charge in [-0.05, 0) is 24.7 Å². The summed E-state index contributed by atoms with van der Waals surface area (Å²) >= 11 is 0. The standard InChI is InChI=1S/C15H28N2O/c1-5-12(4)10-17-13(11(2)3)16-15(14(17)18)8-6-7-9-15/h11-13,16H,5-10H2,1-4H3. The maximum Gasteiger partial charge on any atom is 0.244 e. The van der Waals surface area contributed by atoms with E-state index in [1.807, 2.05) is 0 Å². The van der Waals surface area contributed by atoms with E-state index in [0.717, 1.165) is 25.8 Å². The average molecular weight is 252 g/mol. The van der Waals surface area contributed by atoms with Crippen LogP contribution >= 0.6 is 0 Å². The minimum atomic E-state index is -0.206. The first kappa shape index (κ1) is 13.9. The molecule has 0 radical (unpaired) electrons. The van der Waals surface area contributed by atoms with Gasteiger partial charge in [0.15, 0.2) is 0 Å². The van der Waals surface area contributed by atoms with Crippen molar-refractivity contribution in [2.45, 2.75) is 71.5 Å². The van der Waals surface area contributed by atoms with E-state index in [0.29, 0.717) is 17.7 Å². The fraction of sp³-hybridized carbons (Fsp3) is 0.933. The quantitative estimate of drug-likeness (QED) is 0.834. The molecule has 1 aliphatic heterocycles. The molecule has 1 heterocycles. The molecule has 2 atom stereocenters. The molecule has 1 saturated carbocycles. The van der Waals surface area contributed by atoms with Crippen molar-refractivity contribution in [2.24, 2.45) is 11.8 Å². The Morgan fingerprint density at radius 2 is 1.94 bits per heavy atom. The van der Waals surface area contributed by atoms with Gasteiger partial charge in [0.05, 0.1) is 11.7 Å². The Morgan fingerprint density at radius 1 is 1.33 bits per heavy atom. The lowest BCUT2D eigenvalue weighted by atomic mass is 9.97. The molecule has 1 amide bonds. The van der Waals surface area contributed by atoms with Gasteiger partial charge in [-0.15, -0.1) is 0 Å². The largest absolute Gasteiger partial charge is 0.325 e. The lowest BCUT2D eigenvalue weighted by Crippen LogP contribution is -2.45. The van der Waals surface area contributed by atoms with E-state index >= 15 is 0 Å². The van der Waals surface area contributed by atoms with Crippen LogP contribution in [0, 0.1) is 11.8 Å². The molecule has 3 heteroatoms. The first-order valence-electron chi connectivity index (χ1n) is 7.59. The Kier molecular flexibility index (Phi) is 4.00. The highest BCUT2D eigenvalue weighted by Gasteiger charge is 2.52. The molecule has 0 aromatic carbocycles. The van der Waals surface area contributed by atoms with Gasteiger partial charge in [-0.1, -0.05) is 47.0 Å². The number of hydrogen-bond donors (Lipinski definition) is 1. The summed E-state index contributed by atoms with van der Waals surface area (Å²) in [6.07, 6.45) is 5.84. The summed E-state index contributed by atoms with van der Waals surface area (Å²) in [5.74, 6) is 1.45. The summed E-state index contributed by atoms with van der Waals surface area (Å²) in [6, 6.07) is 0. The molecule has 2 unspecified atom stereocenters. The highest BCUT2D eigenvalue weighted by molar-refractivity contribution is 5.89. The fourth-order valence-corrected chi connectivity index (χ4v) is 3.35. The molecule has 2 aliphatic rings. The van der Waals surface area contributed by atoms with E-state index in [1.165, 1.54) is 12.8 Å². The number of carbonyl (C=O) groups is 1. The lowest BCUT2D eigenvalue weighted by Gasteiger charge is -2.29. The van der Waals surface area contributed by atoms with E-state index in [2.05, 4.69) is 37.9 Å². The van der Waals surface area contributed by atoms with Crippen molar-refractivity contribution in [3.63, 3.8) is 0 Å². The average Bonchev–Trinajstić information content (AvgIpc) is 2.90. The molecule has 2 fully saturated rings. The van der Waals surface area contributed by atoms with Crippen LogP contribution in [-0.4, -0.2) is 29.1 Å². The minimum Gasteiger partial charge on any atom is -0.325 e. The molecule has 3 nitrogen and oxygen atoms in total. The second-order valence-electron chi connectivity index (χ2n) is 6.59. The highest BCUT2D eigenvalue weighted by atomic mass is 16.2. The lowest BCUT2D eigenvalue weighted by molar-refractivity contribution is -0.134. The zero-order chi connectivity index (χ0) is 13.3. The van der Waals surface area contributed by atoms with Crippen LogP contribution in [0.3, 0.4) is 0 Å². The first-order valence-corrected chi connectivity index (χ1v) is 7.59. The van der Waals surface area contributed by atoms with Crippen LogP contribution in [0.2, 0.25) is 0 Å². The molecule has 0 bridgehead atoms. The summed E-state index contributed by atoms with van der Waals surface area (Å²) in [6.45, 7) is 9.77. The van der Waals surface area contributed by atoms with Crippen molar-refractivity contribution in [1.82, 2.24) is 10.2 Å². The van der Waals surface area contributed by atoms with Crippen LogP contribution in [-0.2, 0) is 4.79 Å². The molecule has 1 saturated heterocycles. The third-order valence-electron chi connectivity index (χ3n) is 4.72. The van der Waals surface area contributed by atoms with Gasteiger partial charge in [0.2, 0.25) is 5.91 Å². The SMILES string of the molecule is CCC(C)CN1C(=O)C2(CCCC2)NC1C(C)C. The number of rotatable bonds is 4. The Balaban J connectivity index is 2.16. The first-order chi connectivity index (χ1) is 8.50. The van der Waals surface area contributed by atoms with E-state index in [4.69, 9.17) is 0 Å². The van der Waals surface area contributed by atoms with E-state index in [1.54, 1.807) is 0 Å². The van der Waals surface area contributed by atoms with E-state index < -0.39 is 0 Å². The van der Waals surface area contributed by atoms with Crippen LogP contribution in [0.25, 0.3) is 0 Å². The minimum absolute atomic E-state index is 0.206. The molecular formula is C15H28N2O. The number of carbonyl (C=O) groups excluding carboxylic acids is 1. The van der Waals surface area contributed by atoms with Crippen LogP contribution in [0.5, 0.6) is 0 Å². The number of amides is 1. The number of nitrogens with one attached hydrogen (secondary N) is 1. The normalized spacial score (nSPS) is 28.6. The Bertz CT molecular complexity index is 308. The predicted molar refractivity (Wildman–Crippen MR) is 74.1 cm³/mol. The molecule has 0 aromatic heterocycles. The van der Waals surface area contributed by atoms with Gasteiger partial charge >= 0.3 is 0 Å². The maximum absolute atomic E-state index is 12.8. The van der Waals surface area contributed by atoms with E-state index in [-0.39, 0.29) is 11.7 Å². The molecule has 104 valence electrons. The van der Waals surface area contributed by atoms with Crippen LogP contribution in [0.15, 0.2) is 0 Å². The molecule has 2 rings (SSSR count). The van der Waals surface area contributed by atoms with Gasteiger partial charge in [-0.3, -0.25) is 10.1 Å². The Labute approximate surface area is 111 Å². The third-order valence-corrected chi connectivity index (χ3v) is 4.72. The molecule has 1 aliphatic carbocycles. The van der Waals surface area contributed by atoms with Gasteiger partial charge in [0.1, 0.15) is 0 Å². The van der Waals surface area contributed by atoms with Crippen molar-refractivity contribution in [2.75, 3.05) is 6.54 Å². The summed E-state index contributed by atoms with van der Waals surface area (Å²) in [5, 5.41) is 3.67. The molecule has 0 aromatic rings.